The number of aryl methyl sites for hydroxylation is 1. The Balaban J connectivity index is 2.18. The molecule has 0 amide bonds. The van der Waals surface area contributed by atoms with Crippen molar-refractivity contribution in [2.75, 3.05) is 6.54 Å². The van der Waals surface area contributed by atoms with Gasteiger partial charge in [0, 0.05) is 10.9 Å². The van der Waals surface area contributed by atoms with Gasteiger partial charge in [0.05, 0.1) is 11.2 Å². The van der Waals surface area contributed by atoms with Gasteiger partial charge in [0.2, 0.25) is 0 Å². The lowest BCUT2D eigenvalue weighted by atomic mass is 10.1. The second-order valence-electron chi connectivity index (χ2n) is 4.21. The van der Waals surface area contributed by atoms with Crippen molar-refractivity contribution in [3.63, 3.8) is 0 Å². The van der Waals surface area contributed by atoms with Crippen molar-refractivity contribution >= 4 is 17.3 Å². The molecule has 1 aromatic heterocycles. The SMILES string of the molecule is Cc1ncsc1C(C)N1CCC[C@H]1C(=O)O. The summed E-state index contributed by atoms with van der Waals surface area (Å²) in [7, 11) is 0. The van der Waals surface area contributed by atoms with Gasteiger partial charge in [-0.05, 0) is 33.2 Å². The highest BCUT2D eigenvalue weighted by Crippen LogP contribution is 2.32. The van der Waals surface area contributed by atoms with E-state index in [2.05, 4.69) is 16.8 Å². The van der Waals surface area contributed by atoms with Crippen LogP contribution in [0.25, 0.3) is 0 Å². The number of carboxylic acid groups (broad SMARTS) is 1. The fourth-order valence-electron chi connectivity index (χ4n) is 2.38. The molecule has 0 saturated carbocycles. The third-order valence-corrected chi connectivity index (χ3v) is 4.34. The van der Waals surface area contributed by atoms with Crippen molar-refractivity contribution in [3.05, 3.63) is 16.1 Å². The monoisotopic (exact) mass is 240 g/mol. The average molecular weight is 240 g/mol. The van der Waals surface area contributed by atoms with Crippen molar-refractivity contribution < 1.29 is 9.90 Å². The third kappa shape index (κ3) is 1.97. The first kappa shape index (κ1) is 11.5. The van der Waals surface area contributed by atoms with E-state index in [0.717, 1.165) is 25.1 Å². The van der Waals surface area contributed by atoms with Gasteiger partial charge in [-0.25, -0.2) is 4.98 Å². The summed E-state index contributed by atoms with van der Waals surface area (Å²) >= 11 is 1.61. The van der Waals surface area contributed by atoms with Crippen LogP contribution in [0.4, 0.5) is 0 Å². The van der Waals surface area contributed by atoms with E-state index >= 15 is 0 Å². The fraction of sp³-hybridized carbons (Fsp3) is 0.636. The van der Waals surface area contributed by atoms with Crippen molar-refractivity contribution in [3.8, 4) is 0 Å². The maximum Gasteiger partial charge on any atom is 0.320 e. The molecule has 1 unspecified atom stereocenters. The van der Waals surface area contributed by atoms with Gasteiger partial charge in [0.15, 0.2) is 0 Å². The van der Waals surface area contributed by atoms with Crippen molar-refractivity contribution in [2.45, 2.75) is 38.8 Å². The zero-order valence-corrected chi connectivity index (χ0v) is 10.3. The lowest BCUT2D eigenvalue weighted by molar-refractivity contribution is -0.142. The summed E-state index contributed by atoms with van der Waals surface area (Å²) in [6.07, 6.45) is 1.73. The summed E-state index contributed by atoms with van der Waals surface area (Å²) in [6, 6.07) is -0.160. The minimum atomic E-state index is -0.702. The molecule has 0 bridgehead atoms. The quantitative estimate of drug-likeness (QED) is 0.878. The minimum Gasteiger partial charge on any atom is -0.480 e. The molecular formula is C11H16N2O2S. The zero-order chi connectivity index (χ0) is 11.7. The zero-order valence-electron chi connectivity index (χ0n) is 9.51. The molecule has 2 atom stereocenters. The number of hydrogen-bond donors (Lipinski definition) is 1. The summed E-state index contributed by atoms with van der Waals surface area (Å²) in [6.45, 7) is 4.92. The van der Waals surface area contributed by atoms with Crippen LogP contribution in [-0.2, 0) is 4.79 Å². The highest BCUT2D eigenvalue weighted by Gasteiger charge is 2.34. The highest BCUT2D eigenvalue weighted by molar-refractivity contribution is 7.09. The minimum absolute atomic E-state index is 0.163. The number of carboxylic acids is 1. The van der Waals surface area contributed by atoms with E-state index < -0.39 is 5.97 Å². The van der Waals surface area contributed by atoms with E-state index in [0.29, 0.717) is 0 Å². The molecule has 1 fully saturated rings. The summed E-state index contributed by atoms with van der Waals surface area (Å²) < 4.78 is 0. The lowest BCUT2D eigenvalue weighted by Crippen LogP contribution is -2.37. The number of carbonyl (C=O) groups is 1. The predicted octanol–water partition coefficient (Wildman–Crippen LogP) is 2.06. The Morgan fingerprint density at radius 3 is 3.06 bits per heavy atom. The normalized spacial score (nSPS) is 23.5. The smallest absolute Gasteiger partial charge is 0.320 e. The van der Waals surface area contributed by atoms with E-state index in [1.165, 1.54) is 4.88 Å². The Morgan fingerprint density at radius 2 is 2.50 bits per heavy atom. The number of rotatable bonds is 3. The maximum atomic E-state index is 11.1. The molecule has 4 nitrogen and oxygen atoms in total. The Hall–Kier alpha value is -0.940. The van der Waals surface area contributed by atoms with Crippen LogP contribution in [0.1, 0.15) is 36.4 Å². The van der Waals surface area contributed by atoms with Crippen molar-refractivity contribution in [2.24, 2.45) is 0 Å². The summed E-state index contributed by atoms with van der Waals surface area (Å²) in [5.74, 6) is -0.702. The van der Waals surface area contributed by atoms with Gasteiger partial charge in [-0.15, -0.1) is 11.3 Å². The van der Waals surface area contributed by atoms with Crippen LogP contribution in [0.15, 0.2) is 5.51 Å². The number of nitrogens with zero attached hydrogens (tertiary/aromatic N) is 2. The number of aliphatic carboxylic acids is 1. The van der Waals surface area contributed by atoms with Gasteiger partial charge >= 0.3 is 5.97 Å². The van der Waals surface area contributed by atoms with Crippen LogP contribution in [-0.4, -0.2) is 33.5 Å². The van der Waals surface area contributed by atoms with Gasteiger partial charge in [0.1, 0.15) is 6.04 Å². The molecule has 1 saturated heterocycles. The molecule has 0 spiro atoms. The lowest BCUT2D eigenvalue weighted by Gasteiger charge is -2.27. The van der Waals surface area contributed by atoms with Crippen LogP contribution in [0.5, 0.6) is 0 Å². The molecule has 88 valence electrons. The highest BCUT2D eigenvalue weighted by atomic mass is 32.1. The summed E-state index contributed by atoms with van der Waals surface area (Å²) in [4.78, 5) is 18.6. The molecule has 16 heavy (non-hydrogen) atoms. The van der Waals surface area contributed by atoms with E-state index in [4.69, 9.17) is 5.11 Å². The van der Waals surface area contributed by atoms with E-state index in [1.54, 1.807) is 11.3 Å². The van der Waals surface area contributed by atoms with Gasteiger partial charge in [-0.2, -0.15) is 0 Å². The Labute approximate surface area is 98.9 Å². The van der Waals surface area contributed by atoms with Crippen molar-refractivity contribution in [1.29, 1.82) is 0 Å². The van der Waals surface area contributed by atoms with Crippen LogP contribution in [0.3, 0.4) is 0 Å². The number of thiazole rings is 1. The molecule has 1 aliphatic heterocycles. The summed E-state index contributed by atoms with van der Waals surface area (Å²) in [5.41, 5.74) is 2.85. The van der Waals surface area contributed by atoms with Crippen molar-refractivity contribution in [1.82, 2.24) is 9.88 Å². The first-order chi connectivity index (χ1) is 7.61. The van der Waals surface area contributed by atoms with Crippen LogP contribution in [0, 0.1) is 6.92 Å². The molecule has 0 aliphatic carbocycles. The van der Waals surface area contributed by atoms with E-state index in [-0.39, 0.29) is 12.1 Å². The molecule has 5 heteroatoms. The van der Waals surface area contributed by atoms with Gasteiger partial charge in [0.25, 0.3) is 0 Å². The molecule has 1 aliphatic rings. The second-order valence-corrected chi connectivity index (χ2v) is 5.10. The van der Waals surface area contributed by atoms with Crippen LogP contribution < -0.4 is 0 Å². The number of aromatic nitrogens is 1. The fourth-order valence-corrected chi connectivity index (χ4v) is 3.26. The Bertz CT molecular complexity index is 391. The third-order valence-electron chi connectivity index (χ3n) is 3.24. The predicted molar refractivity (Wildman–Crippen MR) is 62.6 cm³/mol. The van der Waals surface area contributed by atoms with E-state index in [1.807, 2.05) is 12.4 Å². The summed E-state index contributed by atoms with van der Waals surface area (Å²) in [5, 5.41) is 9.15. The van der Waals surface area contributed by atoms with Crippen LogP contribution in [0.2, 0.25) is 0 Å². The Morgan fingerprint density at radius 1 is 1.75 bits per heavy atom. The number of hydrogen-bond acceptors (Lipinski definition) is 4. The molecule has 1 aromatic rings. The van der Waals surface area contributed by atoms with Gasteiger partial charge in [-0.1, -0.05) is 0 Å². The molecular weight excluding hydrogens is 224 g/mol. The average Bonchev–Trinajstić information content (AvgIpc) is 2.84. The topological polar surface area (TPSA) is 53.4 Å². The molecule has 0 radical (unpaired) electrons. The first-order valence-electron chi connectivity index (χ1n) is 5.49. The standard InChI is InChI=1S/C11H16N2O2S/c1-7-10(16-6-12-7)8(2)13-5-3-4-9(13)11(14)15/h6,8-9H,3-5H2,1-2H3,(H,14,15)/t8?,9-/m0/s1. The molecule has 0 aromatic carbocycles. The first-order valence-corrected chi connectivity index (χ1v) is 6.37. The largest absolute Gasteiger partial charge is 0.480 e. The van der Waals surface area contributed by atoms with Gasteiger partial charge < -0.3 is 5.11 Å². The molecule has 1 N–H and O–H groups in total. The van der Waals surface area contributed by atoms with Crippen LogP contribution >= 0.6 is 11.3 Å². The van der Waals surface area contributed by atoms with E-state index in [9.17, 15) is 4.79 Å². The molecule has 2 heterocycles. The maximum absolute atomic E-state index is 11.1. The van der Waals surface area contributed by atoms with Gasteiger partial charge in [-0.3, -0.25) is 9.69 Å². The second kappa shape index (κ2) is 4.51. The molecule has 2 rings (SSSR count). The Kier molecular flexibility index (Phi) is 3.25. The number of likely N-dealkylation sites (tertiary alicyclic amines) is 1.